The molecule has 0 spiro atoms. The number of hydrogen-bond donors (Lipinski definition) is 2. The number of hydrogen-bond acceptors (Lipinski definition) is 5. The van der Waals surface area contributed by atoms with E-state index >= 15 is 0 Å². The minimum absolute atomic E-state index is 0.151. The highest BCUT2D eigenvalue weighted by Crippen LogP contribution is 2.32. The Morgan fingerprint density at radius 2 is 2.10 bits per heavy atom. The van der Waals surface area contributed by atoms with Gasteiger partial charge in [-0.25, -0.2) is 4.98 Å². The Morgan fingerprint density at radius 3 is 2.90 bits per heavy atom. The lowest BCUT2D eigenvalue weighted by molar-refractivity contribution is 0.174. The molecule has 21 heavy (non-hydrogen) atoms. The average Bonchev–Trinajstić information content (AvgIpc) is 2.92. The first-order chi connectivity index (χ1) is 10.1. The van der Waals surface area contributed by atoms with Crippen molar-refractivity contribution in [2.45, 2.75) is 26.3 Å². The maximum absolute atomic E-state index is 11.6. The van der Waals surface area contributed by atoms with Crippen LogP contribution < -0.4 is 20.3 Å². The minimum atomic E-state index is -0.151. The quantitative estimate of drug-likeness (QED) is 0.902. The lowest BCUT2D eigenvalue weighted by Crippen LogP contribution is -2.14. The van der Waals surface area contributed by atoms with Crippen molar-refractivity contribution >= 4 is 5.95 Å². The highest BCUT2D eigenvalue weighted by atomic mass is 16.7. The zero-order valence-corrected chi connectivity index (χ0v) is 12.0. The van der Waals surface area contributed by atoms with Gasteiger partial charge in [0, 0.05) is 12.6 Å². The second-order valence-corrected chi connectivity index (χ2v) is 5.21. The van der Waals surface area contributed by atoms with Gasteiger partial charge in [-0.1, -0.05) is 19.9 Å². The summed E-state index contributed by atoms with van der Waals surface area (Å²) in [5.74, 6) is 2.18. The number of fused-ring (bicyclic) bond motifs is 1. The Morgan fingerprint density at radius 1 is 1.29 bits per heavy atom. The first-order valence-corrected chi connectivity index (χ1v) is 6.85. The predicted molar refractivity (Wildman–Crippen MR) is 78.8 cm³/mol. The number of anilines is 1. The topological polar surface area (TPSA) is 76.2 Å². The Bertz CT molecular complexity index is 710. The number of nitrogens with zero attached hydrogens (tertiary/aromatic N) is 1. The minimum Gasteiger partial charge on any atom is -0.454 e. The summed E-state index contributed by atoms with van der Waals surface area (Å²) < 4.78 is 10.6. The van der Waals surface area contributed by atoms with Crippen LogP contribution in [0.5, 0.6) is 11.5 Å². The fourth-order valence-electron chi connectivity index (χ4n) is 2.09. The van der Waals surface area contributed by atoms with Crippen molar-refractivity contribution in [2.75, 3.05) is 12.1 Å². The van der Waals surface area contributed by atoms with Gasteiger partial charge in [-0.15, -0.1) is 0 Å². The van der Waals surface area contributed by atoms with Gasteiger partial charge in [-0.3, -0.25) is 9.78 Å². The summed E-state index contributed by atoms with van der Waals surface area (Å²) in [6.45, 7) is 4.81. The van der Waals surface area contributed by atoms with Crippen LogP contribution in [0.15, 0.2) is 29.1 Å². The molecule has 6 heteroatoms. The summed E-state index contributed by atoms with van der Waals surface area (Å²) in [6, 6.07) is 7.27. The van der Waals surface area contributed by atoms with Crippen LogP contribution in [0.2, 0.25) is 0 Å². The number of benzene rings is 1. The first kappa shape index (κ1) is 13.5. The molecule has 0 radical (unpaired) electrons. The van der Waals surface area contributed by atoms with E-state index in [1.54, 1.807) is 0 Å². The van der Waals surface area contributed by atoms with E-state index in [0.29, 0.717) is 12.5 Å². The third-order valence-corrected chi connectivity index (χ3v) is 3.25. The summed E-state index contributed by atoms with van der Waals surface area (Å²) in [4.78, 5) is 18.7. The molecule has 2 N–H and O–H groups in total. The van der Waals surface area contributed by atoms with Crippen molar-refractivity contribution in [2.24, 2.45) is 0 Å². The highest BCUT2D eigenvalue weighted by molar-refractivity contribution is 5.45. The van der Waals surface area contributed by atoms with Crippen molar-refractivity contribution in [3.8, 4) is 11.5 Å². The van der Waals surface area contributed by atoms with E-state index in [2.05, 4.69) is 15.3 Å². The molecule has 0 saturated carbocycles. The molecule has 0 saturated heterocycles. The van der Waals surface area contributed by atoms with E-state index in [9.17, 15) is 4.79 Å². The molecule has 0 amide bonds. The molecular weight excluding hydrogens is 270 g/mol. The average molecular weight is 287 g/mol. The lowest BCUT2D eigenvalue weighted by atomic mass is 10.1. The van der Waals surface area contributed by atoms with Crippen molar-refractivity contribution in [3.63, 3.8) is 0 Å². The van der Waals surface area contributed by atoms with Gasteiger partial charge in [0.25, 0.3) is 5.56 Å². The molecular formula is C15H17N3O3. The van der Waals surface area contributed by atoms with Crippen LogP contribution in [0.3, 0.4) is 0 Å². The molecule has 1 aliphatic heterocycles. The van der Waals surface area contributed by atoms with Gasteiger partial charge in [0.15, 0.2) is 11.5 Å². The second-order valence-electron chi connectivity index (χ2n) is 5.21. The molecule has 0 fully saturated rings. The molecule has 2 aromatic rings. The van der Waals surface area contributed by atoms with Crippen LogP contribution in [0.4, 0.5) is 5.95 Å². The summed E-state index contributed by atoms with van der Waals surface area (Å²) in [7, 11) is 0. The Hall–Kier alpha value is -2.50. The van der Waals surface area contributed by atoms with Gasteiger partial charge in [0.05, 0.1) is 5.69 Å². The SMILES string of the molecule is CC(C)c1cc(=O)[nH]c(NCc2ccc3c(c2)OCO3)n1. The van der Waals surface area contributed by atoms with E-state index in [4.69, 9.17) is 9.47 Å². The molecule has 1 aromatic carbocycles. The fraction of sp³-hybridized carbons (Fsp3) is 0.333. The van der Waals surface area contributed by atoms with Crippen molar-refractivity contribution in [1.82, 2.24) is 9.97 Å². The normalized spacial score (nSPS) is 12.7. The smallest absolute Gasteiger partial charge is 0.252 e. The zero-order chi connectivity index (χ0) is 14.8. The van der Waals surface area contributed by atoms with Crippen molar-refractivity contribution in [3.05, 3.63) is 45.9 Å². The van der Waals surface area contributed by atoms with Gasteiger partial charge >= 0.3 is 0 Å². The van der Waals surface area contributed by atoms with Crippen LogP contribution in [0.25, 0.3) is 0 Å². The lowest BCUT2D eigenvalue weighted by Gasteiger charge is -2.09. The van der Waals surface area contributed by atoms with E-state index in [1.165, 1.54) is 6.07 Å². The zero-order valence-electron chi connectivity index (χ0n) is 12.0. The number of H-pyrrole nitrogens is 1. The standard InChI is InChI=1S/C15H17N3O3/c1-9(2)11-6-14(19)18-15(17-11)16-7-10-3-4-12-13(5-10)21-8-20-12/h3-6,9H,7-8H2,1-2H3,(H2,16,17,18,19). The van der Waals surface area contributed by atoms with Gasteiger partial charge in [0.1, 0.15) is 0 Å². The van der Waals surface area contributed by atoms with Crippen LogP contribution in [0.1, 0.15) is 31.0 Å². The van der Waals surface area contributed by atoms with Gasteiger partial charge in [-0.05, 0) is 23.6 Å². The third-order valence-electron chi connectivity index (χ3n) is 3.25. The van der Waals surface area contributed by atoms with Gasteiger partial charge < -0.3 is 14.8 Å². The fourth-order valence-corrected chi connectivity index (χ4v) is 2.09. The molecule has 6 nitrogen and oxygen atoms in total. The van der Waals surface area contributed by atoms with Crippen LogP contribution in [-0.2, 0) is 6.54 Å². The number of nitrogens with one attached hydrogen (secondary N) is 2. The van der Waals surface area contributed by atoms with Gasteiger partial charge in [-0.2, -0.15) is 0 Å². The highest BCUT2D eigenvalue weighted by Gasteiger charge is 2.13. The number of aromatic nitrogens is 2. The molecule has 110 valence electrons. The largest absolute Gasteiger partial charge is 0.454 e. The molecule has 0 unspecified atom stereocenters. The van der Waals surface area contributed by atoms with E-state index in [-0.39, 0.29) is 18.3 Å². The molecule has 1 aromatic heterocycles. The molecule has 0 bridgehead atoms. The molecule has 3 rings (SSSR count). The Labute approximate surface area is 122 Å². The van der Waals surface area contributed by atoms with Crippen molar-refractivity contribution < 1.29 is 9.47 Å². The summed E-state index contributed by atoms with van der Waals surface area (Å²) in [5.41, 5.74) is 1.64. The van der Waals surface area contributed by atoms with E-state index in [0.717, 1.165) is 22.8 Å². The van der Waals surface area contributed by atoms with E-state index in [1.807, 2.05) is 32.0 Å². The molecule has 0 atom stereocenters. The monoisotopic (exact) mass is 287 g/mol. The first-order valence-electron chi connectivity index (χ1n) is 6.85. The van der Waals surface area contributed by atoms with Crippen LogP contribution >= 0.6 is 0 Å². The second kappa shape index (κ2) is 5.47. The molecule has 2 heterocycles. The summed E-state index contributed by atoms with van der Waals surface area (Å²) >= 11 is 0. The van der Waals surface area contributed by atoms with Gasteiger partial charge in [0.2, 0.25) is 12.7 Å². The Balaban J connectivity index is 1.74. The number of aromatic amines is 1. The number of ether oxygens (including phenoxy) is 2. The van der Waals surface area contributed by atoms with Crippen LogP contribution in [0, 0.1) is 0 Å². The summed E-state index contributed by atoms with van der Waals surface area (Å²) in [5, 5.41) is 3.13. The summed E-state index contributed by atoms with van der Waals surface area (Å²) in [6.07, 6.45) is 0. The Kier molecular flexibility index (Phi) is 3.51. The maximum atomic E-state index is 11.6. The van der Waals surface area contributed by atoms with Crippen molar-refractivity contribution in [1.29, 1.82) is 0 Å². The molecule has 1 aliphatic rings. The maximum Gasteiger partial charge on any atom is 0.252 e. The van der Waals surface area contributed by atoms with Crippen LogP contribution in [-0.4, -0.2) is 16.8 Å². The molecule has 0 aliphatic carbocycles. The third kappa shape index (κ3) is 2.99. The number of rotatable bonds is 4. The van der Waals surface area contributed by atoms with E-state index < -0.39 is 0 Å². The predicted octanol–water partition coefficient (Wildman–Crippen LogP) is 2.23.